The van der Waals surface area contributed by atoms with E-state index in [-0.39, 0.29) is 6.04 Å². The standard InChI is InChI=1S/C27H45N3O2S/c1-3-5-7-10-16-25(28)17-11-9-13-22-30(21-12-8-6-4-2)33(31,32)27-18-14-15-24-23-29-20-19-26(24)27/h14-15,18-20,23,25H,3-13,16-17,21-22,28H2,1-2H3. The highest BCUT2D eigenvalue weighted by molar-refractivity contribution is 7.89. The quantitative estimate of drug-likeness (QED) is 0.244. The largest absolute Gasteiger partial charge is 0.328 e. The molecule has 0 fully saturated rings. The summed E-state index contributed by atoms with van der Waals surface area (Å²) in [4.78, 5) is 4.54. The third-order valence-electron chi connectivity index (χ3n) is 6.43. The third kappa shape index (κ3) is 9.34. The smallest absolute Gasteiger partial charge is 0.243 e. The van der Waals surface area contributed by atoms with Crippen molar-refractivity contribution in [2.45, 2.75) is 108 Å². The number of aromatic nitrogens is 1. The lowest BCUT2D eigenvalue weighted by molar-refractivity contribution is 0.382. The van der Waals surface area contributed by atoms with Crippen LogP contribution in [0.2, 0.25) is 0 Å². The van der Waals surface area contributed by atoms with Crippen molar-refractivity contribution in [3.05, 3.63) is 36.7 Å². The van der Waals surface area contributed by atoms with E-state index in [1.54, 1.807) is 28.8 Å². The van der Waals surface area contributed by atoms with Gasteiger partial charge in [0.25, 0.3) is 0 Å². The van der Waals surface area contributed by atoms with Crippen molar-refractivity contribution in [2.24, 2.45) is 5.73 Å². The lowest BCUT2D eigenvalue weighted by atomic mass is 10.0. The summed E-state index contributed by atoms with van der Waals surface area (Å²) in [5.74, 6) is 0. The molecule has 0 saturated heterocycles. The van der Waals surface area contributed by atoms with Gasteiger partial charge in [-0.3, -0.25) is 4.98 Å². The molecule has 1 atom stereocenters. The summed E-state index contributed by atoms with van der Waals surface area (Å²) < 4.78 is 29.0. The maximum Gasteiger partial charge on any atom is 0.243 e. The molecule has 2 rings (SSSR count). The van der Waals surface area contributed by atoms with Crippen molar-refractivity contribution in [1.29, 1.82) is 0 Å². The van der Waals surface area contributed by atoms with E-state index in [1.807, 2.05) is 12.1 Å². The highest BCUT2D eigenvalue weighted by atomic mass is 32.2. The number of hydrogen-bond acceptors (Lipinski definition) is 4. The fourth-order valence-electron chi connectivity index (χ4n) is 4.37. The monoisotopic (exact) mass is 475 g/mol. The van der Waals surface area contributed by atoms with Crippen molar-refractivity contribution >= 4 is 20.8 Å². The minimum absolute atomic E-state index is 0.278. The number of sulfonamides is 1. The highest BCUT2D eigenvalue weighted by Gasteiger charge is 2.25. The first-order valence-corrected chi connectivity index (χ1v) is 14.5. The van der Waals surface area contributed by atoms with Gasteiger partial charge in [-0.1, -0.05) is 83.8 Å². The second-order valence-corrected chi connectivity index (χ2v) is 11.2. The molecule has 2 aromatic rings. The van der Waals surface area contributed by atoms with Gasteiger partial charge in [0.05, 0.1) is 4.90 Å². The Balaban J connectivity index is 1.95. The van der Waals surface area contributed by atoms with Crippen molar-refractivity contribution in [3.63, 3.8) is 0 Å². The Bertz CT molecular complexity index is 896. The number of benzene rings is 1. The Morgan fingerprint density at radius 2 is 1.45 bits per heavy atom. The molecule has 0 aliphatic rings. The first-order valence-electron chi connectivity index (χ1n) is 13.1. The molecule has 5 nitrogen and oxygen atoms in total. The Kier molecular flexibility index (Phi) is 13.0. The van der Waals surface area contributed by atoms with Crippen molar-refractivity contribution in [1.82, 2.24) is 9.29 Å². The number of pyridine rings is 1. The van der Waals surface area contributed by atoms with Gasteiger partial charge >= 0.3 is 0 Å². The van der Waals surface area contributed by atoms with Crippen LogP contribution in [0.5, 0.6) is 0 Å². The summed E-state index contributed by atoms with van der Waals surface area (Å²) in [5, 5.41) is 1.61. The van der Waals surface area contributed by atoms with Crippen molar-refractivity contribution in [3.8, 4) is 0 Å². The zero-order chi connectivity index (χ0) is 23.9. The predicted octanol–water partition coefficient (Wildman–Crippen LogP) is 6.66. The van der Waals surface area contributed by atoms with Crippen LogP contribution in [0.1, 0.15) is 97.3 Å². The van der Waals surface area contributed by atoms with Crippen LogP contribution in [-0.4, -0.2) is 36.8 Å². The van der Waals surface area contributed by atoms with E-state index >= 15 is 0 Å². The SMILES string of the molecule is CCCCCCC(N)CCCCCN(CCCCCC)S(=O)(=O)c1cccc2cnccc12. The molecule has 2 N–H and O–H groups in total. The van der Waals surface area contributed by atoms with Crippen LogP contribution in [0.15, 0.2) is 41.6 Å². The zero-order valence-corrected chi connectivity index (χ0v) is 21.7. The van der Waals surface area contributed by atoms with E-state index < -0.39 is 10.0 Å². The van der Waals surface area contributed by atoms with Gasteiger partial charge in [0.1, 0.15) is 0 Å². The molecule has 1 unspecified atom stereocenters. The number of rotatable bonds is 18. The van der Waals surface area contributed by atoms with Crippen LogP contribution in [0.3, 0.4) is 0 Å². The Labute approximate surface area is 202 Å². The topological polar surface area (TPSA) is 76.3 Å². The van der Waals surface area contributed by atoms with Crippen LogP contribution in [-0.2, 0) is 10.0 Å². The van der Waals surface area contributed by atoms with Gasteiger partial charge in [0, 0.05) is 42.3 Å². The minimum atomic E-state index is -3.56. The normalized spacial score (nSPS) is 13.1. The van der Waals surface area contributed by atoms with E-state index in [0.717, 1.165) is 68.6 Å². The predicted molar refractivity (Wildman–Crippen MR) is 140 cm³/mol. The maximum atomic E-state index is 13.6. The maximum absolute atomic E-state index is 13.6. The molecule has 0 bridgehead atoms. The molecule has 1 aromatic carbocycles. The number of nitrogens with two attached hydrogens (primary N) is 1. The molecular weight excluding hydrogens is 430 g/mol. The van der Waals surface area contributed by atoms with Gasteiger partial charge in [-0.2, -0.15) is 4.31 Å². The highest BCUT2D eigenvalue weighted by Crippen LogP contribution is 2.26. The molecule has 1 aromatic heterocycles. The summed E-state index contributed by atoms with van der Waals surface area (Å²) in [6, 6.07) is 7.54. The van der Waals surface area contributed by atoms with Crippen LogP contribution in [0, 0.1) is 0 Å². The molecule has 33 heavy (non-hydrogen) atoms. The van der Waals surface area contributed by atoms with E-state index in [2.05, 4.69) is 18.8 Å². The molecular formula is C27H45N3O2S. The van der Waals surface area contributed by atoms with Gasteiger partial charge in [-0.25, -0.2) is 8.42 Å². The molecule has 0 aliphatic carbocycles. The number of fused-ring (bicyclic) bond motifs is 1. The van der Waals surface area contributed by atoms with Gasteiger partial charge in [-0.15, -0.1) is 0 Å². The average Bonchev–Trinajstić information content (AvgIpc) is 2.82. The molecule has 1 heterocycles. The number of hydrogen-bond donors (Lipinski definition) is 1. The summed E-state index contributed by atoms with van der Waals surface area (Å²) in [6.07, 6.45) is 17.8. The molecule has 0 radical (unpaired) electrons. The van der Waals surface area contributed by atoms with E-state index in [0.29, 0.717) is 18.0 Å². The Morgan fingerprint density at radius 1 is 0.848 bits per heavy atom. The van der Waals surface area contributed by atoms with Gasteiger partial charge in [-0.05, 0) is 37.8 Å². The first kappa shape index (κ1) is 27.7. The second-order valence-electron chi connectivity index (χ2n) is 9.28. The van der Waals surface area contributed by atoms with Crippen LogP contribution >= 0.6 is 0 Å². The molecule has 6 heteroatoms. The van der Waals surface area contributed by atoms with Crippen LogP contribution in [0.4, 0.5) is 0 Å². The average molecular weight is 476 g/mol. The molecule has 186 valence electrons. The molecule has 0 amide bonds. The van der Waals surface area contributed by atoms with E-state index in [4.69, 9.17) is 5.73 Å². The third-order valence-corrected chi connectivity index (χ3v) is 8.39. The van der Waals surface area contributed by atoms with Crippen LogP contribution in [0.25, 0.3) is 10.8 Å². The Morgan fingerprint density at radius 3 is 2.09 bits per heavy atom. The fourth-order valence-corrected chi connectivity index (χ4v) is 6.10. The lowest BCUT2D eigenvalue weighted by Gasteiger charge is -2.23. The van der Waals surface area contributed by atoms with Gasteiger partial charge in [0.15, 0.2) is 0 Å². The molecule has 0 saturated carbocycles. The van der Waals surface area contributed by atoms with Crippen molar-refractivity contribution in [2.75, 3.05) is 13.1 Å². The van der Waals surface area contributed by atoms with Gasteiger partial charge < -0.3 is 5.73 Å². The van der Waals surface area contributed by atoms with Gasteiger partial charge in [0.2, 0.25) is 10.0 Å². The second kappa shape index (κ2) is 15.4. The van der Waals surface area contributed by atoms with E-state index in [9.17, 15) is 8.42 Å². The van der Waals surface area contributed by atoms with E-state index in [1.165, 1.54) is 25.7 Å². The first-order chi connectivity index (χ1) is 16.0. The summed E-state index contributed by atoms with van der Waals surface area (Å²) in [7, 11) is -3.56. The number of unbranched alkanes of at least 4 members (excludes halogenated alkanes) is 8. The number of nitrogens with zero attached hydrogens (tertiary/aromatic N) is 2. The molecule has 0 spiro atoms. The lowest BCUT2D eigenvalue weighted by Crippen LogP contribution is -2.33. The Hall–Kier alpha value is -1.50. The van der Waals surface area contributed by atoms with Crippen LogP contribution < -0.4 is 5.73 Å². The summed E-state index contributed by atoms with van der Waals surface area (Å²) >= 11 is 0. The summed E-state index contributed by atoms with van der Waals surface area (Å²) in [5.41, 5.74) is 6.28. The summed E-state index contributed by atoms with van der Waals surface area (Å²) in [6.45, 7) is 5.56. The molecule has 0 aliphatic heterocycles. The zero-order valence-electron chi connectivity index (χ0n) is 20.8. The fraction of sp³-hybridized carbons (Fsp3) is 0.667. The minimum Gasteiger partial charge on any atom is -0.328 e. The van der Waals surface area contributed by atoms with Crippen molar-refractivity contribution < 1.29 is 8.42 Å².